The van der Waals surface area contributed by atoms with Gasteiger partial charge in [0.1, 0.15) is 0 Å². The lowest BCUT2D eigenvalue weighted by Crippen LogP contribution is -2.28. The number of hydrogen-bond donors (Lipinski definition) is 1. The third-order valence-electron chi connectivity index (χ3n) is 5.00. The molecule has 1 aromatic carbocycles. The van der Waals surface area contributed by atoms with Crippen LogP contribution in [0.3, 0.4) is 0 Å². The van der Waals surface area contributed by atoms with E-state index in [4.69, 9.17) is 9.47 Å². The molecule has 2 aliphatic heterocycles. The van der Waals surface area contributed by atoms with E-state index in [1.165, 1.54) is 22.9 Å². The van der Waals surface area contributed by atoms with Crippen LogP contribution in [0.1, 0.15) is 24.4 Å². The highest BCUT2D eigenvalue weighted by atomic mass is 16.5. The Morgan fingerprint density at radius 3 is 2.95 bits per heavy atom. The normalized spacial score (nSPS) is 30.3. The monoisotopic (exact) mass is 300 g/mol. The van der Waals surface area contributed by atoms with E-state index >= 15 is 0 Å². The van der Waals surface area contributed by atoms with Crippen molar-refractivity contribution in [3.8, 4) is 0 Å². The number of nitrogens with one attached hydrogen (secondary N) is 1. The molecule has 0 spiro atoms. The first-order valence-corrected chi connectivity index (χ1v) is 8.39. The van der Waals surface area contributed by atoms with Gasteiger partial charge in [0.05, 0.1) is 19.8 Å². The molecule has 118 valence electrons. The number of benzene rings is 1. The molecule has 0 amide bonds. The Balaban J connectivity index is 1.67. The van der Waals surface area contributed by atoms with Gasteiger partial charge in [0.2, 0.25) is 0 Å². The van der Waals surface area contributed by atoms with Crippen LogP contribution in [-0.4, -0.2) is 49.4 Å². The molecule has 22 heavy (non-hydrogen) atoms. The summed E-state index contributed by atoms with van der Waals surface area (Å²) in [6, 6.07) is 9.08. The summed E-state index contributed by atoms with van der Waals surface area (Å²) in [6.07, 6.45) is 4.54. The van der Waals surface area contributed by atoms with Gasteiger partial charge in [-0.25, -0.2) is 0 Å². The minimum Gasteiger partial charge on any atom is -0.379 e. The van der Waals surface area contributed by atoms with E-state index in [9.17, 15) is 0 Å². The molecule has 3 atom stereocenters. The quantitative estimate of drug-likeness (QED) is 0.880. The molecule has 0 aliphatic carbocycles. The largest absolute Gasteiger partial charge is 0.379 e. The van der Waals surface area contributed by atoms with Crippen molar-refractivity contribution in [2.45, 2.75) is 18.9 Å². The second-order valence-corrected chi connectivity index (χ2v) is 6.36. The summed E-state index contributed by atoms with van der Waals surface area (Å²) in [6.45, 7) is 5.40. The molecule has 1 aromatic heterocycles. The van der Waals surface area contributed by atoms with Crippen LogP contribution in [0.25, 0.3) is 10.9 Å². The summed E-state index contributed by atoms with van der Waals surface area (Å²) in [5.74, 6) is 0.581. The van der Waals surface area contributed by atoms with Crippen molar-refractivity contribution in [3.63, 3.8) is 0 Å². The van der Waals surface area contributed by atoms with Crippen LogP contribution in [-0.2, 0) is 9.47 Å². The van der Waals surface area contributed by atoms with Crippen molar-refractivity contribution in [2.75, 3.05) is 39.5 Å². The molecule has 3 heterocycles. The van der Waals surface area contributed by atoms with Crippen molar-refractivity contribution in [3.05, 3.63) is 36.0 Å². The number of aromatic nitrogens is 1. The molecule has 4 nitrogen and oxygen atoms in total. The number of para-hydroxylation sites is 1. The minimum atomic E-state index is 0.467. The predicted octanol–water partition coefficient (Wildman–Crippen LogP) is 2.97. The molecular formula is C18H24N2O2. The first kappa shape index (κ1) is 14.2. The standard InChI is InChI=1S/C18H24N2O2/c1-2-5-17-15(4-1)16(12-19-17)18-14-6-8-20(18)7-3-9-21-10-11-22-13-14/h1-2,4-5,12,14,18-19H,3,6-11,13H2. The Labute approximate surface area is 131 Å². The number of nitrogens with zero attached hydrogens (tertiary/aromatic N) is 1. The summed E-state index contributed by atoms with van der Waals surface area (Å²) in [5.41, 5.74) is 2.67. The lowest BCUT2D eigenvalue weighted by molar-refractivity contribution is 0.0340. The summed E-state index contributed by atoms with van der Waals surface area (Å²) >= 11 is 0. The van der Waals surface area contributed by atoms with Crippen LogP contribution in [0.5, 0.6) is 0 Å². The second-order valence-electron chi connectivity index (χ2n) is 6.36. The number of H-pyrrole nitrogens is 1. The highest BCUT2D eigenvalue weighted by Crippen LogP contribution is 2.40. The Bertz CT molecular complexity index is 606. The molecule has 0 radical (unpaired) electrons. The van der Waals surface area contributed by atoms with Gasteiger partial charge in [0.15, 0.2) is 0 Å². The maximum absolute atomic E-state index is 5.87. The molecule has 4 heteroatoms. The minimum absolute atomic E-state index is 0.467. The average Bonchev–Trinajstić information content (AvgIpc) is 3.11. The molecule has 2 fully saturated rings. The molecule has 2 bridgehead atoms. The third kappa shape index (κ3) is 2.67. The van der Waals surface area contributed by atoms with Crippen molar-refractivity contribution in [2.24, 2.45) is 5.92 Å². The Morgan fingerprint density at radius 1 is 1.05 bits per heavy atom. The maximum Gasteiger partial charge on any atom is 0.0700 e. The highest BCUT2D eigenvalue weighted by Gasteiger charge is 2.36. The van der Waals surface area contributed by atoms with Crippen LogP contribution >= 0.6 is 0 Å². The fraction of sp³-hybridized carbons (Fsp3) is 0.556. The smallest absolute Gasteiger partial charge is 0.0700 e. The second kappa shape index (κ2) is 6.41. The van der Waals surface area contributed by atoms with E-state index in [1.54, 1.807) is 0 Å². The van der Waals surface area contributed by atoms with E-state index in [0.717, 1.165) is 45.9 Å². The molecule has 0 saturated carbocycles. The topological polar surface area (TPSA) is 37.5 Å². The van der Waals surface area contributed by atoms with Gasteiger partial charge < -0.3 is 14.5 Å². The lowest BCUT2D eigenvalue weighted by Gasteiger charge is -2.27. The zero-order valence-corrected chi connectivity index (χ0v) is 13.0. The first-order chi connectivity index (χ1) is 10.9. The summed E-state index contributed by atoms with van der Waals surface area (Å²) in [5, 5.41) is 1.36. The van der Waals surface area contributed by atoms with E-state index in [1.807, 2.05) is 0 Å². The third-order valence-corrected chi connectivity index (χ3v) is 5.00. The highest BCUT2D eigenvalue weighted by molar-refractivity contribution is 5.83. The van der Waals surface area contributed by atoms with E-state index in [2.05, 4.69) is 40.3 Å². The van der Waals surface area contributed by atoms with Gasteiger partial charge in [-0.2, -0.15) is 0 Å². The fourth-order valence-electron chi connectivity index (χ4n) is 3.97. The fourth-order valence-corrected chi connectivity index (χ4v) is 3.97. The van der Waals surface area contributed by atoms with Crippen molar-refractivity contribution in [1.82, 2.24) is 9.88 Å². The van der Waals surface area contributed by atoms with Crippen LogP contribution in [0.15, 0.2) is 30.5 Å². The van der Waals surface area contributed by atoms with Gasteiger partial charge in [-0.1, -0.05) is 18.2 Å². The van der Waals surface area contributed by atoms with E-state index in [0.29, 0.717) is 12.0 Å². The van der Waals surface area contributed by atoms with Crippen LogP contribution in [0, 0.1) is 5.92 Å². The van der Waals surface area contributed by atoms with Gasteiger partial charge in [0.25, 0.3) is 0 Å². The number of aromatic amines is 1. The van der Waals surface area contributed by atoms with Gasteiger partial charge >= 0.3 is 0 Å². The Morgan fingerprint density at radius 2 is 1.95 bits per heavy atom. The zero-order valence-electron chi connectivity index (χ0n) is 13.0. The molecular weight excluding hydrogens is 276 g/mol. The van der Waals surface area contributed by atoms with E-state index in [-0.39, 0.29) is 0 Å². The Hall–Kier alpha value is -1.36. The van der Waals surface area contributed by atoms with Crippen LogP contribution in [0.2, 0.25) is 0 Å². The molecule has 1 N–H and O–H groups in total. The molecule has 2 aliphatic rings. The first-order valence-electron chi connectivity index (χ1n) is 8.39. The summed E-state index contributed by atoms with van der Waals surface area (Å²) in [4.78, 5) is 6.06. The van der Waals surface area contributed by atoms with Gasteiger partial charge in [0, 0.05) is 42.2 Å². The summed E-state index contributed by atoms with van der Waals surface area (Å²) < 4.78 is 11.5. The molecule has 3 unspecified atom stereocenters. The Kier molecular flexibility index (Phi) is 4.15. The predicted molar refractivity (Wildman–Crippen MR) is 87.0 cm³/mol. The number of ether oxygens (including phenoxy) is 2. The molecule has 2 aromatic rings. The van der Waals surface area contributed by atoms with Crippen molar-refractivity contribution in [1.29, 1.82) is 0 Å². The van der Waals surface area contributed by atoms with Crippen LogP contribution in [0.4, 0.5) is 0 Å². The molecule has 4 rings (SSSR count). The van der Waals surface area contributed by atoms with Crippen LogP contribution < -0.4 is 0 Å². The van der Waals surface area contributed by atoms with Crippen molar-refractivity contribution < 1.29 is 9.47 Å². The summed E-state index contributed by atoms with van der Waals surface area (Å²) in [7, 11) is 0. The van der Waals surface area contributed by atoms with Gasteiger partial charge in [-0.15, -0.1) is 0 Å². The zero-order chi connectivity index (χ0) is 14.8. The van der Waals surface area contributed by atoms with Gasteiger partial charge in [-0.3, -0.25) is 4.90 Å². The number of hydrogen-bond acceptors (Lipinski definition) is 3. The number of fused-ring (bicyclic) bond motifs is 3. The molecule has 2 saturated heterocycles. The SMILES string of the molecule is c1ccc2c(C3C4CCN3CCCOCCOC4)c[nH]c2c1. The average molecular weight is 300 g/mol. The lowest BCUT2D eigenvalue weighted by atomic mass is 9.94. The van der Waals surface area contributed by atoms with E-state index < -0.39 is 0 Å². The van der Waals surface area contributed by atoms with Crippen molar-refractivity contribution >= 4 is 10.9 Å². The maximum atomic E-state index is 5.87. The van der Waals surface area contributed by atoms with Gasteiger partial charge in [-0.05, 0) is 31.0 Å². The number of rotatable bonds is 1.